The first-order chi connectivity index (χ1) is 11.3. The van der Waals surface area contributed by atoms with E-state index in [9.17, 15) is 4.79 Å². The number of nitrogens with two attached hydrogens (primary N) is 1. The van der Waals surface area contributed by atoms with Gasteiger partial charge < -0.3 is 19.9 Å². The standard InChI is InChI=1S/C19H27N3O2/c1-6-24-12-14(3)22(5)18-10-15(7-8-17(18)20)16-9-13(2)19(23)21(4)11-16/h7-11,14H,6,12,20H2,1-5H3/t14-/m1/s1. The van der Waals surface area contributed by atoms with Crippen molar-refractivity contribution in [1.29, 1.82) is 0 Å². The molecule has 0 bridgehead atoms. The summed E-state index contributed by atoms with van der Waals surface area (Å²) < 4.78 is 7.13. The van der Waals surface area contributed by atoms with Gasteiger partial charge in [0.05, 0.1) is 18.0 Å². The topological polar surface area (TPSA) is 60.5 Å². The number of rotatable bonds is 6. The van der Waals surface area contributed by atoms with E-state index in [4.69, 9.17) is 10.5 Å². The first-order valence-corrected chi connectivity index (χ1v) is 8.22. The number of anilines is 2. The lowest BCUT2D eigenvalue weighted by molar-refractivity contribution is 0.136. The molecular weight excluding hydrogens is 302 g/mol. The van der Waals surface area contributed by atoms with Gasteiger partial charge in [-0.15, -0.1) is 0 Å². The second-order valence-electron chi connectivity index (χ2n) is 6.22. The van der Waals surface area contributed by atoms with E-state index in [1.54, 1.807) is 11.6 Å². The molecule has 0 aliphatic carbocycles. The van der Waals surface area contributed by atoms with Crippen molar-refractivity contribution >= 4 is 11.4 Å². The van der Waals surface area contributed by atoms with Crippen molar-refractivity contribution in [3.8, 4) is 11.1 Å². The third-order valence-electron chi connectivity index (χ3n) is 4.33. The minimum atomic E-state index is 0.0249. The van der Waals surface area contributed by atoms with Gasteiger partial charge in [0.15, 0.2) is 0 Å². The van der Waals surface area contributed by atoms with Crippen molar-refractivity contribution in [2.75, 3.05) is 30.9 Å². The Morgan fingerprint density at radius 3 is 2.62 bits per heavy atom. The SMILES string of the molecule is CCOC[C@@H](C)N(C)c1cc(-c2cc(C)c(=O)n(C)c2)ccc1N. The highest BCUT2D eigenvalue weighted by Crippen LogP contribution is 2.30. The Bertz CT molecular complexity index is 741. The molecule has 5 nitrogen and oxygen atoms in total. The second kappa shape index (κ2) is 7.53. The van der Waals surface area contributed by atoms with Crippen LogP contribution in [-0.2, 0) is 11.8 Å². The van der Waals surface area contributed by atoms with E-state index in [0.717, 1.165) is 28.1 Å². The van der Waals surface area contributed by atoms with Gasteiger partial charge in [-0.25, -0.2) is 0 Å². The number of aryl methyl sites for hydroxylation is 2. The summed E-state index contributed by atoms with van der Waals surface area (Å²) >= 11 is 0. The lowest BCUT2D eigenvalue weighted by Crippen LogP contribution is -2.33. The van der Waals surface area contributed by atoms with E-state index in [1.165, 1.54) is 0 Å². The minimum Gasteiger partial charge on any atom is -0.397 e. The average molecular weight is 329 g/mol. The molecule has 5 heteroatoms. The first-order valence-electron chi connectivity index (χ1n) is 8.22. The second-order valence-corrected chi connectivity index (χ2v) is 6.22. The van der Waals surface area contributed by atoms with Gasteiger partial charge in [0.25, 0.3) is 5.56 Å². The quantitative estimate of drug-likeness (QED) is 0.828. The van der Waals surface area contributed by atoms with E-state index < -0.39 is 0 Å². The highest BCUT2D eigenvalue weighted by Gasteiger charge is 2.14. The van der Waals surface area contributed by atoms with Crippen LogP contribution in [0.15, 0.2) is 35.3 Å². The molecule has 0 spiro atoms. The highest BCUT2D eigenvalue weighted by molar-refractivity contribution is 5.77. The maximum atomic E-state index is 11.9. The van der Waals surface area contributed by atoms with Crippen molar-refractivity contribution in [3.63, 3.8) is 0 Å². The molecule has 2 aromatic rings. The summed E-state index contributed by atoms with van der Waals surface area (Å²) in [6, 6.07) is 8.09. The maximum Gasteiger partial charge on any atom is 0.253 e. The van der Waals surface area contributed by atoms with Gasteiger partial charge in [-0.2, -0.15) is 0 Å². The minimum absolute atomic E-state index is 0.0249. The summed E-state index contributed by atoms with van der Waals surface area (Å²) in [4.78, 5) is 14.0. The first kappa shape index (κ1) is 18.1. The molecule has 0 radical (unpaired) electrons. The molecule has 2 rings (SSSR count). The van der Waals surface area contributed by atoms with Gasteiger partial charge in [-0.05, 0) is 50.1 Å². The summed E-state index contributed by atoms with van der Waals surface area (Å²) in [5.74, 6) is 0. The Morgan fingerprint density at radius 1 is 1.29 bits per heavy atom. The number of nitrogens with zero attached hydrogens (tertiary/aromatic N) is 2. The van der Waals surface area contributed by atoms with E-state index in [-0.39, 0.29) is 11.6 Å². The Hall–Kier alpha value is -2.27. The zero-order valence-corrected chi connectivity index (χ0v) is 15.2. The highest BCUT2D eigenvalue weighted by atomic mass is 16.5. The summed E-state index contributed by atoms with van der Waals surface area (Å²) in [6.45, 7) is 7.28. The number of ether oxygens (including phenoxy) is 1. The molecule has 0 aliphatic rings. The van der Waals surface area contributed by atoms with Gasteiger partial charge in [0, 0.05) is 38.5 Å². The fraction of sp³-hybridized carbons (Fsp3) is 0.421. The Morgan fingerprint density at radius 2 is 2.00 bits per heavy atom. The largest absolute Gasteiger partial charge is 0.397 e. The van der Waals surface area contributed by atoms with E-state index in [2.05, 4.69) is 17.9 Å². The molecule has 0 aliphatic heterocycles. The summed E-state index contributed by atoms with van der Waals surface area (Å²) in [7, 11) is 3.79. The smallest absolute Gasteiger partial charge is 0.253 e. The molecule has 1 aromatic carbocycles. The van der Waals surface area contributed by atoms with Crippen molar-refractivity contribution < 1.29 is 4.74 Å². The monoisotopic (exact) mass is 329 g/mol. The van der Waals surface area contributed by atoms with Crippen LogP contribution in [0.1, 0.15) is 19.4 Å². The molecule has 1 aromatic heterocycles. The molecule has 24 heavy (non-hydrogen) atoms. The van der Waals surface area contributed by atoms with Gasteiger partial charge in [0.1, 0.15) is 0 Å². The van der Waals surface area contributed by atoms with Gasteiger partial charge in [0.2, 0.25) is 0 Å². The summed E-state index contributed by atoms with van der Waals surface area (Å²) in [6.07, 6.45) is 1.86. The van der Waals surface area contributed by atoms with Crippen molar-refractivity contribution in [1.82, 2.24) is 4.57 Å². The third kappa shape index (κ3) is 3.79. The number of aromatic nitrogens is 1. The summed E-state index contributed by atoms with van der Waals surface area (Å²) in [5, 5.41) is 0. The van der Waals surface area contributed by atoms with Crippen LogP contribution in [-0.4, -0.2) is 30.9 Å². The predicted octanol–water partition coefficient (Wildman–Crippen LogP) is 2.80. The van der Waals surface area contributed by atoms with Crippen molar-refractivity contribution in [2.45, 2.75) is 26.8 Å². The van der Waals surface area contributed by atoms with E-state index >= 15 is 0 Å². The molecule has 0 unspecified atom stereocenters. The average Bonchev–Trinajstić information content (AvgIpc) is 2.56. The van der Waals surface area contributed by atoms with Crippen LogP contribution in [0.2, 0.25) is 0 Å². The number of benzene rings is 1. The zero-order valence-electron chi connectivity index (χ0n) is 15.2. The number of hydrogen-bond donors (Lipinski definition) is 1. The zero-order chi connectivity index (χ0) is 17.9. The van der Waals surface area contributed by atoms with E-state index in [0.29, 0.717) is 13.2 Å². The Balaban J connectivity index is 2.40. The molecular formula is C19H27N3O2. The normalized spacial score (nSPS) is 12.2. The van der Waals surface area contributed by atoms with Crippen LogP contribution in [0.25, 0.3) is 11.1 Å². The number of nitrogen functional groups attached to an aromatic ring is 1. The fourth-order valence-electron chi connectivity index (χ4n) is 2.70. The summed E-state index contributed by atoms with van der Waals surface area (Å²) in [5.41, 5.74) is 10.7. The lowest BCUT2D eigenvalue weighted by Gasteiger charge is -2.28. The molecule has 0 saturated heterocycles. The van der Waals surface area contributed by atoms with Crippen LogP contribution in [0.5, 0.6) is 0 Å². The third-order valence-corrected chi connectivity index (χ3v) is 4.33. The van der Waals surface area contributed by atoms with Crippen LogP contribution < -0.4 is 16.2 Å². The molecule has 130 valence electrons. The molecule has 0 saturated carbocycles. The Kier molecular flexibility index (Phi) is 5.67. The van der Waals surface area contributed by atoms with Gasteiger partial charge in [-0.1, -0.05) is 6.07 Å². The molecule has 1 atom stereocenters. The predicted molar refractivity (Wildman–Crippen MR) is 101 cm³/mol. The van der Waals surface area contributed by atoms with Crippen LogP contribution >= 0.6 is 0 Å². The molecule has 1 heterocycles. The van der Waals surface area contributed by atoms with Gasteiger partial charge >= 0.3 is 0 Å². The van der Waals surface area contributed by atoms with Crippen molar-refractivity contribution in [3.05, 3.63) is 46.4 Å². The molecule has 0 amide bonds. The molecule has 2 N–H and O–H groups in total. The number of likely N-dealkylation sites (N-methyl/N-ethyl adjacent to an activating group) is 1. The maximum absolute atomic E-state index is 11.9. The Labute approximate surface area is 143 Å². The van der Waals surface area contributed by atoms with Crippen LogP contribution in [0.3, 0.4) is 0 Å². The number of pyridine rings is 1. The van der Waals surface area contributed by atoms with Crippen LogP contribution in [0.4, 0.5) is 11.4 Å². The molecule has 0 fully saturated rings. The fourth-order valence-corrected chi connectivity index (χ4v) is 2.70. The lowest BCUT2D eigenvalue weighted by atomic mass is 10.0. The van der Waals surface area contributed by atoms with Gasteiger partial charge in [-0.3, -0.25) is 4.79 Å². The van der Waals surface area contributed by atoms with E-state index in [1.807, 2.05) is 45.3 Å². The van der Waals surface area contributed by atoms with Crippen LogP contribution in [0, 0.1) is 6.92 Å². The number of hydrogen-bond acceptors (Lipinski definition) is 4. The van der Waals surface area contributed by atoms with Crippen molar-refractivity contribution in [2.24, 2.45) is 7.05 Å².